The predicted molar refractivity (Wildman–Crippen MR) is 72.5 cm³/mol. The number of pyridine rings is 1. The van der Waals surface area contributed by atoms with Gasteiger partial charge < -0.3 is 4.74 Å². The molecule has 0 N–H and O–H groups in total. The summed E-state index contributed by atoms with van der Waals surface area (Å²) in [5, 5.41) is 0.483. The van der Waals surface area contributed by atoms with Crippen molar-refractivity contribution in [2.45, 2.75) is 13.5 Å². The Morgan fingerprint density at radius 2 is 2.12 bits per heavy atom. The van der Waals surface area contributed by atoms with E-state index in [-0.39, 0.29) is 0 Å². The lowest BCUT2D eigenvalue weighted by atomic mass is 10.2. The van der Waals surface area contributed by atoms with Gasteiger partial charge in [-0.15, -0.1) is 0 Å². The van der Waals surface area contributed by atoms with Crippen molar-refractivity contribution >= 4 is 27.5 Å². The quantitative estimate of drug-likeness (QED) is 0.784. The Kier molecular flexibility index (Phi) is 4.02. The molecule has 1 aromatic heterocycles. The second kappa shape index (κ2) is 5.52. The molecule has 0 amide bonds. The van der Waals surface area contributed by atoms with E-state index in [0.29, 0.717) is 11.8 Å². The third-order valence-electron chi connectivity index (χ3n) is 2.30. The Balaban J connectivity index is 2.09. The third kappa shape index (κ3) is 3.45. The minimum atomic E-state index is 0.415. The van der Waals surface area contributed by atoms with E-state index >= 15 is 0 Å². The molecule has 88 valence electrons. The fraction of sp³-hybridized carbons (Fsp3) is 0.154. The van der Waals surface area contributed by atoms with Crippen LogP contribution in [0.15, 0.2) is 40.9 Å². The first-order chi connectivity index (χ1) is 8.15. The van der Waals surface area contributed by atoms with Crippen LogP contribution in [0.5, 0.6) is 5.75 Å². The van der Waals surface area contributed by atoms with Gasteiger partial charge in [-0.1, -0.05) is 39.7 Å². The highest BCUT2D eigenvalue weighted by molar-refractivity contribution is 9.10. The molecule has 0 radical (unpaired) electrons. The maximum atomic E-state index is 5.81. The highest BCUT2D eigenvalue weighted by atomic mass is 79.9. The molecule has 0 fully saturated rings. The van der Waals surface area contributed by atoms with Crippen molar-refractivity contribution in [3.05, 3.63) is 57.3 Å². The summed E-state index contributed by atoms with van der Waals surface area (Å²) >= 11 is 9.23. The number of rotatable bonds is 3. The molecule has 2 aromatic rings. The first kappa shape index (κ1) is 12.4. The van der Waals surface area contributed by atoms with E-state index in [9.17, 15) is 0 Å². The van der Waals surface area contributed by atoms with E-state index in [2.05, 4.69) is 20.9 Å². The number of benzene rings is 1. The van der Waals surface area contributed by atoms with E-state index in [4.69, 9.17) is 16.3 Å². The molecule has 0 saturated heterocycles. The fourth-order valence-corrected chi connectivity index (χ4v) is 1.93. The van der Waals surface area contributed by atoms with Crippen molar-refractivity contribution in [3.8, 4) is 5.75 Å². The second-order valence-electron chi connectivity index (χ2n) is 3.65. The molecule has 0 aliphatic rings. The Morgan fingerprint density at radius 3 is 2.88 bits per heavy atom. The first-order valence-corrected chi connectivity index (χ1v) is 6.32. The molecule has 0 saturated carbocycles. The van der Waals surface area contributed by atoms with Gasteiger partial charge in [-0.2, -0.15) is 0 Å². The summed E-state index contributed by atoms with van der Waals surface area (Å²) < 4.78 is 6.70. The Morgan fingerprint density at radius 1 is 1.29 bits per heavy atom. The molecule has 0 aliphatic carbocycles. The number of halogens is 2. The van der Waals surface area contributed by atoms with E-state index in [1.807, 2.05) is 37.3 Å². The lowest BCUT2D eigenvalue weighted by Gasteiger charge is -2.09. The second-order valence-corrected chi connectivity index (χ2v) is 4.95. The van der Waals surface area contributed by atoms with Crippen LogP contribution in [0.1, 0.15) is 11.3 Å². The number of hydrogen-bond donors (Lipinski definition) is 0. The zero-order valence-corrected chi connectivity index (χ0v) is 11.6. The van der Waals surface area contributed by atoms with Gasteiger partial charge in [-0.05, 0) is 36.8 Å². The monoisotopic (exact) mass is 311 g/mol. The molecule has 0 aliphatic heterocycles. The van der Waals surface area contributed by atoms with Gasteiger partial charge >= 0.3 is 0 Å². The van der Waals surface area contributed by atoms with Gasteiger partial charge in [0.05, 0.1) is 5.69 Å². The Bertz CT molecular complexity index is 531. The van der Waals surface area contributed by atoms with Crippen LogP contribution in [0.2, 0.25) is 5.15 Å². The molecule has 0 spiro atoms. The van der Waals surface area contributed by atoms with E-state index in [1.54, 1.807) is 6.07 Å². The van der Waals surface area contributed by atoms with E-state index in [1.165, 1.54) is 0 Å². The van der Waals surface area contributed by atoms with Crippen molar-refractivity contribution in [1.29, 1.82) is 0 Å². The summed E-state index contributed by atoms with van der Waals surface area (Å²) in [6.07, 6.45) is 0. The maximum absolute atomic E-state index is 5.81. The molecule has 1 aromatic carbocycles. The molecule has 0 atom stereocenters. The topological polar surface area (TPSA) is 22.1 Å². The Labute approximate surface area is 114 Å². The minimum Gasteiger partial charge on any atom is -0.487 e. The van der Waals surface area contributed by atoms with Gasteiger partial charge in [0.25, 0.3) is 0 Å². The van der Waals surface area contributed by atoms with Gasteiger partial charge in [0.2, 0.25) is 0 Å². The van der Waals surface area contributed by atoms with Crippen molar-refractivity contribution in [3.63, 3.8) is 0 Å². The largest absolute Gasteiger partial charge is 0.487 e. The number of ether oxygens (including phenoxy) is 1. The summed E-state index contributed by atoms with van der Waals surface area (Å²) in [4.78, 5) is 4.17. The SMILES string of the molecule is Cc1ccc(Br)cc1OCc1cccc(Cl)n1. The van der Waals surface area contributed by atoms with Crippen molar-refractivity contribution in [2.75, 3.05) is 0 Å². The lowest BCUT2D eigenvalue weighted by Crippen LogP contribution is -1.99. The summed E-state index contributed by atoms with van der Waals surface area (Å²) in [6, 6.07) is 11.4. The van der Waals surface area contributed by atoms with Gasteiger partial charge in [0.1, 0.15) is 17.5 Å². The van der Waals surface area contributed by atoms with Gasteiger partial charge in [-0.25, -0.2) is 4.98 Å². The number of aryl methyl sites for hydroxylation is 1. The number of hydrogen-bond acceptors (Lipinski definition) is 2. The Hall–Kier alpha value is -1.06. The highest BCUT2D eigenvalue weighted by Crippen LogP contribution is 2.23. The average molecular weight is 313 g/mol. The molecule has 0 unspecified atom stereocenters. The normalized spacial score (nSPS) is 10.3. The summed E-state index contributed by atoms with van der Waals surface area (Å²) in [6.45, 7) is 2.42. The third-order valence-corrected chi connectivity index (χ3v) is 3.00. The van der Waals surface area contributed by atoms with Gasteiger partial charge in [-0.3, -0.25) is 0 Å². The summed E-state index contributed by atoms with van der Waals surface area (Å²) in [5.74, 6) is 0.848. The highest BCUT2D eigenvalue weighted by Gasteiger charge is 2.02. The maximum Gasteiger partial charge on any atom is 0.130 e. The smallest absolute Gasteiger partial charge is 0.130 e. The van der Waals surface area contributed by atoms with E-state index < -0.39 is 0 Å². The molecule has 2 nitrogen and oxygen atoms in total. The van der Waals surface area contributed by atoms with Crippen molar-refractivity contribution in [2.24, 2.45) is 0 Å². The van der Waals surface area contributed by atoms with E-state index in [0.717, 1.165) is 21.5 Å². The van der Waals surface area contributed by atoms with Gasteiger partial charge in [0, 0.05) is 4.47 Å². The van der Waals surface area contributed by atoms with Crippen LogP contribution in [0.25, 0.3) is 0 Å². The molecule has 0 bridgehead atoms. The summed E-state index contributed by atoms with van der Waals surface area (Å²) in [7, 11) is 0. The number of nitrogens with zero attached hydrogens (tertiary/aromatic N) is 1. The fourth-order valence-electron chi connectivity index (χ4n) is 1.41. The van der Waals surface area contributed by atoms with Crippen molar-refractivity contribution in [1.82, 2.24) is 4.98 Å². The minimum absolute atomic E-state index is 0.415. The number of aromatic nitrogens is 1. The molecular weight excluding hydrogens is 302 g/mol. The van der Waals surface area contributed by atoms with Crippen LogP contribution >= 0.6 is 27.5 Å². The molecular formula is C13H11BrClNO. The first-order valence-electron chi connectivity index (χ1n) is 5.15. The predicted octanol–water partition coefficient (Wildman–Crippen LogP) is 4.38. The van der Waals surface area contributed by atoms with Crippen LogP contribution in [0.3, 0.4) is 0 Å². The zero-order valence-electron chi connectivity index (χ0n) is 9.28. The molecule has 4 heteroatoms. The van der Waals surface area contributed by atoms with Crippen LogP contribution in [0.4, 0.5) is 0 Å². The van der Waals surface area contributed by atoms with Crippen LogP contribution in [-0.4, -0.2) is 4.98 Å². The summed E-state index contributed by atoms with van der Waals surface area (Å²) in [5.41, 5.74) is 1.91. The molecule has 2 rings (SSSR count). The molecule has 1 heterocycles. The van der Waals surface area contributed by atoms with Crippen LogP contribution < -0.4 is 4.74 Å². The van der Waals surface area contributed by atoms with Crippen LogP contribution in [-0.2, 0) is 6.61 Å². The van der Waals surface area contributed by atoms with Crippen LogP contribution in [0, 0.1) is 6.92 Å². The zero-order chi connectivity index (χ0) is 12.3. The standard InChI is InChI=1S/C13H11BrClNO/c1-9-5-6-10(14)7-12(9)17-8-11-3-2-4-13(15)16-11/h2-7H,8H2,1H3. The van der Waals surface area contributed by atoms with Gasteiger partial charge in [0.15, 0.2) is 0 Å². The van der Waals surface area contributed by atoms with Crippen molar-refractivity contribution < 1.29 is 4.74 Å². The molecule has 17 heavy (non-hydrogen) atoms. The lowest BCUT2D eigenvalue weighted by molar-refractivity contribution is 0.299. The average Bonchev–Trinajstić information content (AvgIpc) is 2.30.